The number of carboxylic acid groups (broad SMARTS) is 1. The van der Waals surface area contributed by atoms with Gasteiger partial charge >= 0.3 is 5.97 Å². The van der Waals surface area contributed by atoms with Crippen molar-refractivity contribution in [2.24, 2.45) is 11.1 Å². The lowest BCUT2D eigenvalue weighted by molar-refractivity contribution is -0.138. The maximum atomic E-state index is 11.9. The Bertz CT molecular complexity index is 295. The van der Waals surface area contributed by atoms with Crippen LogP contribution in [-0.2, 0) is 14.3 Å². The third kappa shape index (κ3) is 2.70. The van der Waals surface area contributed by atoms with Crippen LogP contribution < -0.4 is 11.1 Å². The molecule has 92 valence electrons. The molecule has 0 aromatic rings. The van der Waals surface area contributed by atoms with Crippen molar-refractivity contribution in [1.29, 1.82) is 0 Å². The summed E-state index contributed by atoms with van der Waals surface area (Å²) >= 11 is 0. The Morgan fingerprint density at radius 3 is 2.75 bits per heavy atom. The summed E-state index contributed by atoms with van der Waals surface area (Å²) in [6, 6.07) is -0.751. The van der Waals surface area contributed by atoms with Gasteiger partial charge in [0.1, 0.15) is 0 Å². The van der Waals surface area contributed by atoms with E-state index in [1.54, 1.807) is 13.8 Å². The predicted molar refractivity (Wildman–Crippen MR) is 56.8 cm³/mol. The number of aliphatic carboxylic acids is 1. The van der Waals surface area contributed by atoms with E-state index in [-0.39, 0.29) is 25.0 Å². The van der Waals surface area contributed by atoms with Crippen molar-refractivity contribution in [3.05, 3.63) is 0 Å². The summed E-state index contributed by atoms with van der Waals surface area (Å²) in [6.45, 7) is 4.02. The second-order valence-corrected chi connectivity index (χ2v) is 4.51. The van der Waals surface area contributed by atoms with Crippen LogP contribution in [0.3, 0.4) is 0 Å². The Hall–Kier alpha value is -1.14. The molecule has 1 aliphatic heterocycles. The predicted octanol–water partition coefficient (Wildman–Crippen LogP) is -0.670. The van der Waals surface area contributed by atoms with Gasteiger partial charge in [0.2, 0.25) is 5.91 Å². The van der Waals surface area contributed by atoms with E-state index in [2.05, 4.69) is 5.32 Å². The maximum absolute atomic E-state index is 11.9. The van der Waals surface area contributed by atoms with Crippen LogP contribution in [0.15, 0.2) is 0 Å². The van der Waals surface area contributed by atoms with E-state index in [4.69, 9.17) is 15.6 Å². The fraction of sp³-hybridized carbons (Fsp3) is 0.800. The lowest BCUT2D eigenvalue weighted by Gasteiger charge is -2.27. The van der Waals surface area contributed by atoms with Crippen LogP contribution in [0.25, 0.3) is 0 Å². The summed E-state index contributed by atoms with van der Waals surface area (Å²) in [4.78, 5) is 22.4. The Kier molecular flexibility index (Phi) is 3.88. The van der Waals surface area contributed by atoms with Crippen LogP contribution >= 0.6 is 0 Å². The smallest absolute Gasteiger partial charge is 0.305 e. The highest BCUT2D eigenvalue weighted by molar-refractivity contribution is 5.84. The number of amides is 1. The van der Waals surface area contributed by atoms with Gasteiger partial charge in [-0.3, -0.25) is 9.59 Å². The quantitative estimate of drug-likeness (QED) is 0.594. The van der Waals surface area contributed by atoms with Crippen LogP contribution in [0.1, 0.15) is 20.3 Å². The number of nitrogens with two attached hydrogens (primary N) is 1. The number of rotatable bonds is 4. The monoisotopic (exact) mass is 230 g/mol. The number of carbonyl (C=O) groups excluding carboxylic acids is 1. The summed E-state index contributed by atoms with van der Waals surface area (Å²) in [5.41, 5.74) is 5.03. The fourth-order valence-corrected chi connectivity index (χ4v) is 1.62. The van der Waals surface area contributed by atoms with Crippen LogP contribution in [0.5, 0.6) is 0 Å². The molecule has 1 saturated heterocycles. The van der Waals surface area contributed by atoms with Crippen molar-refractivity contribution in [3.8, 4) is 0 Å². The van der Waals surface area contributed by atoms with E-state index in [9.17, 15) is 9.59 Å². The minimum absolute atomic E-state index is 0.0993. The lowest BCUT2D eigenvalue weighted by atomic mass is 9.84. The van der Waals surface area contributed by atoms with E-state index in [1.165, 1.54) is 0 Å². The van der Waals surface area contributed by atoms with E-state index in [1.807, 2.05) is 0 Å². The molecule has 0 spiro atoms. The number of ether oxygens (including phenoxy) is 1. The molecule has 1 heterocycles. The van der Waals surface area contributed by atoms with E-state index in [0.29, 0.717) is 6.61 Å². The Balaban J connectivity index is 2.54. The normalized spacial score (nSPS) is 31.1. The molecule has 0 aromatic carbocycles. The van der Waals surface area contributed by atoms with Crippen molar-refractivity contribution in [3.63, 3.8) is 0 Å². The second-order valence-electron chi connectivity index (χ2n) is 4.51. The zero-order chi connectivity index (χ0) is 12.3. The van der Waals surface area contributed by atoms with E-state index in [0.717, 1.165) is 0 Å². The molecule has 0 saturated carbocycles. The first-order valence-corrected chi connectivity index (χ1v) is 5.22. The molecule has 0 aromatic heterocycles. The molecular formula is C10H18N2O4. The summed E-state index contributed by atoms with van der Waals surface area (Å²) in [5.74, 6) is -1.18. The van der Waals surface area contributed by atoms with Crippen molar-refractivity contribution >= 4 is 11.9 Å². The van der Waals surface area contributed by atoms with E-state index >= 15 is 0 Å². The molecule has 0 radical (unpaired) electrons. The lowest BCUT2D eigenvalue weighted by Crippen LogP contribution is -2.52. The average molecular weight is 230 g/mol. The van der Waals surface area contributed by atoms with Gasteiger partial charge in [-0.25, -0.2) is 0 Å². The third-order valence-corrected chi connectivity index (χ3v) is 2.89. The molecule has 4 N–H and O–H groups in total. The van der Waals surface area contributed by atoms with Crippen molar-refractivity contribution in [2.45, 2.75) is 32.4 Å². The molecule has 3 atom stereocenters. The highest BCUT2D eigenvalue weighted by Gasteiger charge is 2.44. The molecule has 3 unspecified atom stereocenters. The molecule has 6 heteroatoms. The van der Waals surface area contributed by atoms with E-state index < -0.39 is 17.4 Å². The standard InChI is InChI=1S/C10H18N2O4/c1-6(3-8(13)14)12-9(15)10(2)5-16-4-7(10)11/h6-7H,3-5,11H2,1-2H3,(H,12,15)(H,13,14). The first kappa shape index (κ1) is 12.9. The second kappa shape index (κ2) is 4.80. The van der Waals surface area contributed by atoms with Gasteiger partial charge in [-0.1, -0.05) is 0 Å². The van der Waals surface area contributed by atoms with Gasteiger partial charge in [0, 0.05) is 12.1 Å². The highest BCUT2D eigenvalue weighted by atomic mass is 16.5. The molecular weight excluding hydrogens is 212 g/mol. The van der Waals surface area contributed by atoms with Gasteiger partial charge in [0.05, 0.1) is 25.0 Å². The maximum Gasteiger partial charge on any atom is 0.305 e. The molecule has 1 fully saturated rings. The molecule has 16 heavy (non-hydrogen) atoms. The molecule has 0 bridgehead atoms. The van der Waals surface area contributed by atoms with Crippen LogP contribution in [0, 0.1) is 5.41 Å². The molecule has 6 nitrogen and oxygen atoms in total. The van der Waals surface area contributed by atoms with Gasteiger partial charge in [-0.15, -0.1) is 0 Å². The SMILES string of the molecule is CC(CC(=O)O)NC(=O)C1(C)COCC1N. The van der Waals surface area contributed by atoms with Crippen LogP contribution in [-0.4, -0.2) is 42.3 Å². The first-order valence-electron chi connectivity index (χ1n) is 5.22. The Morgan fingerprint density at radius 1 is 1.69 bits per heavy atom. The molecule has 1 rings (SSSR count). The Morgan fingerprint density at radius 2 is 2.31 bits per heavy atom. The Labute approximate surface area is 94.1 Å². The van der Waals surface area contributed by atoms with Crippen molar-refractivity contribution in [2.75, 3.05) is 13.2 Å². The molecule has 1 amide bonds. The summed E-state index contributed by atoms with van der Waals surface area (Å²) in [7, 11) is 0. The zero-order valence-corrected chi connectivity index (χ0v) is 9.53. The number of carboxylic acids is 1. The minimum atomic E-state index is -0.940. The van der Waals surface area contributed by atoms with Crippen molar-refractivity contribution < 1.29 is 19.4 Å². The number of hydrogen-bond donors (Lipinski definition) is 3. The van der Waals surface area contributed by atoms with Crippen LogP contribution in [0.2, 0.25) is 0 Å². The van der Waals surface area contributed by atoms with Gasteiger partial charge in [0.15, 0.2) is 0 Å². The van der Waals surface area contributed by atoms with Gasteiger partial charge in [-0.05, 0) is 13.8 Å². The number of nitrogens with one attached hydrogen (secondary N) is 1. The first-order chi connectivity index (χ1) is 7.36. The summed E-state index contributed by atoms with van der Waals surface area (Å²) in [6.07, 6.45) is -0.0993. The van der Waals surface area contributed by atoms with Crippen molar-refractivity contribution in [1.82, 2.24) is 5.32 Å². The van der Waals surface area contributed by atoms with Crippen LogP contribution in [0.4, 0.5) is 0 Å². The third-order valence-electron chi connectivity index (χ3n) is 2.89. The molecule has 1 aliphatic rings. The van der Waals surface area contributed by atoms with Gasteiger partial charge in [-0.2, -0.15) is 0 Å². The zero-order valence-electron chi connectivity index (χ0n) is 9.53. The minimum Gasteiger partial charge on any atom is -0.481 e. The van der Waals surface area contributed by atoms with Gasteiger partial charge < -0.3 is 20.9 Å². The summed E-state index contributed by atoms with van der Waals surface area (Å²) < 4.78 is 5.15. The molecule has 0 aliphatic carbocycles. The number of carbonyl (C=O) groups is 2. The summed E-state index contributed by atoms with van der Waals surface area (Å²) in [5, 5.41) is 11.2. The topological polar surface area (TPSA) is 102 Å². The largest absolute Gasteiger partial charge is 0.481 e. The average Bonchev–Trinajstić information content (AvgIpc) is 2.46. The number of hydrogen-bond acceptors (Lipinski definition) is 4. The van der Waals surface area contributed by atoms with Gasteiger partial charge in [0.25, 0.3) is 0 Å². The fourth-order valence-electron chi connectivity index (χ4n) is 1.62. The highest BCUT2D eigenvalue weighted by Crippen LogP contribution is 2.27.